The van der Waals surface area contributed by atoms with Crippen LogP contribution in [0.4, 0.5) is 0 Å². The van der Waals surface area contributed by atoms with E-state index in [1.54, 1.807) is 0 Å². The van der Waals surface area contributed by atoms with Gasteiger partial charge in [0.05, 0.1) is 11.0 Å². The fourth-order valence-corrected chi connectivity index (χ4v) is 2.58. The van der Waals surface area contributed by atoms with Gasteiger partial charge in [-0.1, -0.05) is 13.8 Å². The van der Waals surface area contributed by atoms with Gasteiger partial charge in [-0.25, -0.2) is 4.98 Å². The Balaban J connectivity index is 2.08. The molecule has 0 atom stereocenters. The lowest BCUT2D eigenvalue weighted by atomic mass is 10.1. The maximum absolute atomic E-state index is 5.65. The van der Waals surface area contributed by atoms with Gasteiger partial charge in [0.15, 0.2) is 11.5 Å². The molecule has 0 amide bonds. The summed E-state index contributed by atoms with van der Waals surface area (Å²) in [5.74, 6) is 3.29. The van der Waals surface area contributed by atoms with Crippen LogP contribution in [-0.2, 0) is 13.0 Å². The van der Waals surface area contributed by atoms with E-state index in [1.165, 1.54) is 0 Å². The quantitative estimate of drug-likeness (QED) is 0.909. The van der Waals surface area contributed by atoms with Gasteiger partial charge in [-0.15, -0.1) is 0 Å². The molecule has 108 valence electrons. The summed E-state index contributed by atoms with van der Waals surface area (Å²) in [5.41, 5.74) is 7.74. The molecule has 0 unspecified atom stereocenters. The van der Waals surface area contributed by atoms with Gasteiger partial charge in [0, 0.05) is 25.1 Å². The highest BCUT2D eigenvalue weighted by Crippen LogP contribution is 2.36. The average molecular weight is 275 g/mol. The van der Waals surface area contributed by atoms with Crippen molar-refractivity contribution in [3.05, 3.63) is 18.0 Å². The number of nitrogens with zero attached hydrogens (tertiary/aromatic N) is 2. The maximum Gasteiger partial charge on any atom is 0.231 e. The largest absolute Gasteiger partial charge is 0.454 e. The first kappa shape index (κ1) is 13.2. The van der Waals surface area contributed by atoms with Crippen LogP contribution in [0.1, 0.15) is 26.1 Å². The van der Waals surface area contributed by atoms with E-state index < -0.39 is 0 Å². The Hall–Kier alpha value is -1.75. The standard InChI is InChI=1S/C15H21N3O2/c1-10(2)6-15-17-11-7-13-14(20-9-19-13)8-12(11)18(15)5-3-4-16/h7-8,10H,3-6,9,16H2,1-2H3. The van der Waals surface area contributed by atoms with Crippen LogP contribution >= 0.6 is 0 Å². The Kier molecular flexibility index (Phi) is 3.53. The van der Waals surface area contributed by atoms with Crippen molar-refractivity contribution in [2.24, 2.45) is 11.7 Å². The fraction of sp³-hybridized carbons (Fsp3) is 0.533. The predicted molar refractivity (Wildman–Crippen MR) is 78.1 cm³/mol. The number of imidazole rings is 1. The van der Waals surface area contributed by atoms with Gasteiger partial charge in [0.1, 0.15) is 5.82 Å². The third-order valence-corrected chi connectivity index (χ3v) is 3.50. The number of hydrogen-bond donors (Lipinski definition) is 1. The SMILES string of the molecule is CC(C)Cc1nc2cc3c(cc2n1CCCN)OCO3. The molecule has 0 radical (unpaired) electrons. The zero-order chi connectivity index (χ0) is 14.1. The van der Waals surface area contributed by atoms with E-state index >= 15 is 0 Å². The molecule has 1 aliphatic rings. The average Bonchev–Trinajstić information content (AvgIpc) is 2.96. The molecule has 1 aliphatic heterocycles. The molecule has 0 aliphatic carbocycles. The van der Waals surface area contributed by atoms with Gasteiger partial charge < -0.3 is 19.8 Å². The highest BCUT2D eigenvalue weighted by atomic mass is 16.7. The van der Waals surface area contributed by atoms with Crippen molar-refractivity contribution in [1.29, 1.82) is 0 Å². The molecular formula is C15H21N3O2. The number of aromatic nitrogens is 2. The number of fused-ring (bicyclic) bond motifs is 2. The molecule has 2 aromatic rings. The molecular weight excluding hydrogens is 254 g/mol. The molecule has 1 aromatic carbocycles. The van der Waals surface area contributed by atoms with Crippen LogP contribution in [0.5, 0.6) is 11.5 Å². The Morgan fingerprint density at radius 3 is 2.75 bits per heavy atom. The first-order valence-corrected chi connectivity index (χ1v) is 7.18. The number of aryl methyl sites for hydroxylation is 1. The maximum atomic E-state index is 5.65. The smallest absolute Gasteiger partial charge is 0.231 e. The second-order valence-electron chi connectivity index (χ2n) is 5.61. The van der Waals surface area contributed by atoms with Crippen molar-refractivity contribution >= 4 is 11.0 Å². The van der Waals surface area contributed by atoms with Crippen LogP contribution in [0.2, 0.25) is 0 Å². The molecule has 20 heavy (non-hydrogen) atoms. The molecule has 2 N–H and O–H groups in total. The van der Waals surface area contributed by atoms with Crippen molar-refractivity contribution in [2.75, 3.05) is 13.3 Å². The van der Waals surface area contributed by atoms with Crippen LogP contribution < -0.4 is 15.2 Å². The van der Waals surface area contributed by atoms with Gasteiger partial charge in [-0.05, 0) is 18.9 Å². The van der Waals surface area contributed by atoms with Crippen molar-refractivity contribution in [3.8, 4) is 11.5 Å². The molecule has 0 spiro atoms. The molecule has 2 heterocycles. The molecule has 0 bridgehead atoms. The summed E-state index contributed by atoms with van der Waals surface area (Å²) in [6.07, 6.45) is 1.91. The monoisotopic (exact) mass is 275 g/mol. The first-order chi connectivity index (χ1) is 9.69. The Morgan fingerprint density at radius 1 is 1.30 bits per heavy atom. The molecule has 3 rings (SSSR count). The number of ether oxygens (including phenoxy) is 2. The van der Waals surface area contributed by atoms with E-state index in [2.05, 4.69) is 18.4 Å². The van der Waals surface area contributed by atoms with Gasteiger partial charge in [0.25, 0.3) is 0 Å². The van der Waals surface area contributed by atoms with Crippen molar-refractivity contribution in [3.63, 3.8) is 0 Å². The Bertz CT molecular complexity index is 619. The third kappa shape index (κ3) is 2.33. The van der Waals surface area contributed by atoms with Crippen LogP contribution in [0.3, 0.4) is 0 Å². The van der Waals surface area contributed by atoms with Gasteiger partial charge in [0.2, 0.25) is 6.79 Å². The topological polar surface area (TPSA) is 62.3 Å². The molecule has 0 saturated heterocycles. The zero-order valence-electron chi connectivity index (χ0n) is 12.1. The second-order valence-corrected chi connectivity index (χ2v) is 5.61. The summed E-state index contributed by atoms with van der Waals surface area (Å²) in [6.45, 7) is 6.29. The highest BCUT2D eigenvalue weighted by Gasteiger charge is 2.19. The summed E-state index contributed by atoms with van der Waals surface area (Å²) in [5, 5.41) is 0. The van der Waals surface area contributed by atoms with Crippen molar-refractivity contribution in [1.82, 2.24) is 9.55 Å². The van der Waals surface area contributed by atoms with Crippen LogP contribution in [0.25, 0.3) is 11.0 Å². The van der Waals surface area contributed by atoms with Gasteiger partial charge in [-0.2, -0.15) is 0 Å². The fourth-order valence-electron chi connectivity index (χ4n) is 2.58. The molecule has 5 nitrogen and oxygen atoms in total. The summed E-state index contributed by atoms with van der Waals surface area (Å²) in [7, 11) is 0. The molecule has 1 aromatic heterocycles. The summed E-state index contributed by atoms with van der Waals surface area (Å²) in [6, 6.07) is 4.01. The molecule has 0 saturated carbocycles. The molecule has 0 fully saturated rings. The summed E-state index contributed by atoms with van der Waals surface area (Å²) in [4.78, 5) is 4.77. The minimum Gasteiger partial charge on any atom is -0.454 e. The number of nitrogens with two attached hydrogens (primary N) is 1. The number of rotatable bonds is 5. The van der Waals surface area contributed by atoms with Crippen molar-refractivity contribution in [2.45, 2.75) is 33.2 Å². The zero-order valence-corrected chi connectivity index (χ0v) is 12.1. The van der Waals surface area contributed by atoms with E-state index in [0.717, 1.165) is 47.7 Å². The number of benzene rings is 1. The molecule has 5 heteroatoms. The van der Waals surface area contributed by atoms with Crippen LogP contribution in [0.15, 0.2) is 12.1 Å². The highest BCUT2D eigenvalue weighted by molar-refractivity contribution is 5.81. The second kappa shape index (κ2) is 5.32. The Morgan fingerprint density at radius 2 is 2.05 bits per heavy atom. The lowest BCUT2D eigenvalue weighted by Gasteiger charge is -2.10. The summed E-state index contributed by atoms with van der Waals surface area (Å²) < 4.78 is 13.2. The van der Waals surface area contributed by atoms with Gasteiger partial charge in [-0.3, -0.25) is 0 Å². The van der Waals surface area contributed by atoms with E-state index in [0.29, 0.717) is 19.3 Å². The van der Waals surface area contributed by atoms with E-state index in [1.807, 2.05) is 12.1 Å². The third-order valence-electron chi connectivity index (χ3n) is 3.50. The van der Waals surface area contributed by atoms with Crippen LogP contribution in [0, 0.1) is 5.92 Å². The van der Waals surface area contributed by atoms with E-state index in [4.69, 9.17) is 20.2 Å². The first-order valence-electron chi connectivity index (χ1n) is 7.18. The van der Waals surface area contributed by atoms with E-state index in [-0.39, 0.29) is 0 Å². The number of hydrogen-bond acceptors (Lipinski definition) is 4. The minimum atomic E-state index is 0.295. The Labute approximate surface area is 118 Å². The normalized spacial score (nSPS) is 13.6. The van der Waals surface area contributed by atoms with Crippen LogP contribution in [-0.4, -0.2) is 22.9 Å². The predicted octanol–water partition coefficient (Wildman–Crippen LogP) is 2.31. The summed E-state index contributed by atoms with van der Waals surface area (Å²) >= 11 is 0. The lowest BCUT2D eigenvalue weighted by Crippen LogP contribution is -2.10. The minimum absolute atomic E-state index is 0.295. The van der Waals surface area contributed by atoms with Crippen molar-refractivity contribution < 1.29 is 9.47 Å². The lowest BCUT2D eigenvalue weighted by molar-refractivity contribution is 0.174. The van der Waals surface area contributed by atoms with E-state index in [9.17, 15) is 0 Å². The van der Waals surface area contributed by atoms with Gasteiger partial charge >= 0.3 is 0 Å².